The fraction of sp³-hybridized carbons (Fsp3) is 0.333. The largest absolute Gasteiger partial charge is 0.467 e. The lowest BCUT2D eigenvalue weighted by Gasteiger charge is -2.29. The number of hydrogen-bond acceptors (Lipinski definition) is 7. The second kappa shape index (κ2) is 8.89. The van der Waals surface area contributed by atoms with Crippen LogP contribution < -0.4 is 9.64 Å². The van der Waals surface area contributed by atoms with Crippen molar-refractivity contribution in [2.45, 2.75) is 52.7 Å². The third kappa shape index (κ3) is 4.78. The molecule has 0 saturated heterocycles. The van der Waals surface area contributed by atoms with E-state index in [0.29, 0.717) is 23.5 Å². The molecule has 0 bridgehead atoms. The molecular weight excluding hydrogens is 426 g/mol. The zero-order valence-corrected chi connectivity index (χ0v) is 20.1. The Morgan fingerprint density at radius 2 is 1.74 bits per heavy atom. The average Bonchev–Trinajstić information content (AvgIpc) is 3.31. The van der Waals surface area contributed by atoms with Crippen LogP contribution >= 0.6 is 0 Å². The summed E-state index contributed by atoms with van der Waals surface area (Å²) in [4.78, 5) is 16.0. The molecule has 0 N–H and O–H groups in total. The molecule has 0 unspecified atom stereocenters. The van der Waals surface area contributed by atoms with Crippen LogP contribution in [0, 0.1) is 6.92 Å². The van der Waals surface area contributed by atoms with Crippen molar-refractivity contribution in [3.8, 4) is 17.3 Å². The van der Waals surface area contributed by atoms with Gasteiger partial charge >= 0.3 is 0 Å². The van der Waals surface area contributed by atoms with Gasteiger partial charge in [0.05, 0.1) is 0 Å². The van der Waals surface area contributed by atoms with Gasteiger partial charge in [0.15, 0.2) is 6.61 Å². The third-order valence-corrected chi connectivity index (χ3v) is 6.05. The molecule has 0 atom stereocenters. The standard InChI is InChI=1S/C27H29N5O2/c1-18-15-23(30-26(28-18)32-14-13-19-7-5-6-8-21(19)16-32)33-17-24-29-25(31-34-24)20-9-11-22(12-10-20)27(2,3)4/h5-12,15H,13-14,16-17H2,1-4H3. The molecule has 4 aromatic rings. The molecule has 0 amide bonds. The van der Waals surface area contributed by atoms with Gasteiger partial charge in [0.1, 0.15) is 0 Å². The van der Waals surface area contributed by atoms with Gasteiger partial charge in [-0.3, -0.25) is 0 Å². The highest BCUT2D eigenvalue weighted by Crippen LogP contribution is 2.26. The van der Waals surface area contributed by atoms with E-state index in [1.54, 1.807) is 0 Å². The fourth-order valence-electron chi connectivity index (χ4n) is 4.09. The van der Waals surface area contributed by atoms with E-state index in [-0.39, 0.29) is 12.0 Å². The molecule has 174 valence electrons. The van der Waals surface area contributed by atoms with Crippen LogP contribution in [-0.2, 0) is 25.0 Å². The Morgan fingerprint density at radius 3 is 2.50 bits per heavy atom. The molecule has 3 heterocycles. The van der Waals surface area contributed by atoms with Crippen molar-refractivity contribution in [3.05, 3.63) is 82.9 Å². The van der Waals surface area contributed by atoms with Gasteiger partial charge in [-0.05, 0) is 35.4 Å². The first-order valence-corrected chi connectivity index (χ1v) is 11.6. The van der Waals surface area contributed by atoms with Crippen LogP contribution in [0.4, 0.5) is 5.95 Å². The first-order valence-electron chi connectivity index (χ1n) is 11.6. The minimum absolute atomic E-state index is 0.0981. The van der Waals surface area contributed by atoms with Gasteiger partial charge in [0.25, 0.3) is 5.89 Å². The topological polar surface area (TPSA) is 77.2 Å². The minimum Gasteiger partial charge on any atom is -0.467 e. The maximum absolute atomic E-state index is 5.91. The Kier molecular flexibility index (Phi) is 5.77. The Morgan fingerprint density at radius 1 is 0.971 bits per heavy atom. The summed E-state index contributed by atoms with van der Waals surface area (Å²) >= 11 is 0. The second-order valence-corrected chi connectivity index (χ2v) is 9.72. The Labute approximate surface area is 199 Å². The monoisotopic (exact) mass is 455 g/mol. The summed E-state index contributed by atoms with van der Waals surface area (Å²) in [6.07, 6.45) is 0.977. The summed E-state index contributed by atoms with van der Waals surface area (Å²) in [5.41, 5.74) is 5.83. The van der Waals surface area contributed by atoms with Crippen molar-refractivity contribution in [2.75, 3.05) is 11.4 Å². The Hall–Kier alpha value is -3.74. The fourth-order valence-corrected chi connectivity index (χ4v) is 4.09. The molecule has 1 aliphatic heterocycles. The second-order valence-electron chi connectivity index (χ2n) is 9.72. The van der Waals surface area contributed by atoms with E-state index < -0.39 is 0 Å². The molecule has 34 heavy (non-hydrogen) atoms. The zero-order chi connectivity index (χ0) is 23.7. The lowest BCUT2D eigenvalue weighted by molar-refractivity contribution is 0.235. The number of nitrogens with zero attached hydrogens (tertiary/aromatic N) is 5. The van der Waals surface area contributed by atoms with Gasteiger partial charge in [0, 0.05) is 30.4 Å². The third-order valence-electron chi connectivity index (χ3n) is 6.05. The molecule has 7 heteroatoms. The van der Waals surface area contributed by atoms with E-state index >= 15 is 0 Å². The summed E-state index contributed by atoms with van der Waals surface area (Å²) in [6, 6.07) is 18.6. The van der Waals surface area contributed by atoms with Gasteiger partial charge in [0.2, 0.25) is 17.7 Å². The maximum atomic E-state index is 5.91. The lowest BCUT2D eigenvalue weighted by Crippen LogP contribution is -2.31. The number of rotatable bonds is 5. The number of benzene rings is 2. The molecular formula is C27H29N5O2. The first-order chi connectivity index (χ1) is 16.3. The normalized spacial score (nSPS) is 13.6. The lowest BCUT2D eigenvalue weighted by atomic mass is 9.87. The Bertz CT molecular complexity index is 1290. The van der Waals surface area contributed by atoms with E-state index in [4.69, 9.17) is 9.26 Å². The molecule has 2 aromatic carbocycles. The van der Waals surface area contributed by atoms with Gasteiger partial charge in [-0.1, -0.05) is 74.5 Å². The first kappa shape index (κ1) is 22.1. The van der Waals surface area contributed by atoms with Crippen molar-refractivity contribution in [2.24, 2.45) is 0 Å². The average molecular weight is 456 g/mol. The molecule has 0 radical (unpaired) electrons. The van der Waals surface area contributed by atoms with E-state index in [9.17, 15) is 0 Å². The SMILES string of the molecule is Cc1cc(OCc2nc(-c3ccc(C(C)(C)C)cc3)no2)nc(N2CCc3ccccc3C2)n1. The number of aromatic nitrogens is 4. The molecule has 0 fully saturated rings. The predicted molar refractivity (Wildman–Crippen MR) is 131 cm³/mol. The van der Waals surface area contributed by atoms with E-state index in [0.717, 1.165) is 30.8 Å². The highest BCUT2D eigenvalue weighted by molar-refractivity contribution is 5.55. The van der Waals surface area contributed by atoms with E-state index in [1.807, 2.05) is 25.1 Å². The molecule has 0 spiro atoms. The predicted octanol–water partition coefficient (Wildman–Crippen LogP) is 5.27. The number of ether oxygens (including phenoxy) is 1. The summed E-state index contributed by atoms with van der Waals surface area (Å²) in [5, 5.41) is 4.11. The Balaban J connectivity index is 1.26. The van der Waals surface area contributed by atoms with Crippen LogP contribution in [-0.4, -0.2) is 26.7 Å². The molecule has 7 nitrogen and oxygen atoms in total. The highest BCUT2D eigenvalue weighted by Gasteiger charge is 2.20. The van der Waals surface area contributed by atoms with Crippen molar-refractivity contribution in [1.29, 1.82) is 0 Å². The van der Waals surface area contributed by atoms with Gasteiger partial charge in [-0.2, -0.15) is 9.97 Å². The summed E-state index contributed by atoms with van der Waals surface area (Å²) in [5.74, 6) is 2.12. The summed E-state index contributed by atoms with van der Waals surface area (Å²) in [7, 11) is 0. The zero-order valence-electron chi connectivity index (χ0n) is 20.1. The molecule has 0 saturated carbocycles. The van der Waals surface area contributed by atoms with Crippen molar-refractivity contribution in [1.82, 2.24) is 20.1 Å². The molecule has 5 rings (SSSR count). The van der Waals surface area contributed by atoms with Crippen LogP contribution in [0.1, 0.15) is 49.0 Å². The van der Waals surface area contributed by atoms with Crippen molar-refractivity contribution < 1.29 is 9.26 Å². The van der Waals surface area contributed by atoms with E-state index in [1.165, 1.54) is 16.7 Å². The van der Waals surface area contributed by atoms with Crippen LogP contribution in [0.3, 0.4) is 0 Å². The molecule has 0 aliphatic carbocycles. The van der Waals surface area contributed by atoms with Gasteiger partial charge in [-0.25, -0.2) is 4.98 Å². The molecule has 1 aliphatic rings. The quantitative estimate of drug-likeness (QED) is 0.405. The van der Waals surface area contributed by atoms with Crippen LogP contribution in [0.2, 0.25) is 0 Å². The number of aryl methyl sites for hydroxylation is 1. The number of anilines is 1. The van der Waals surface area contributed by atoms with Crippen molar-refractivity contribution in [3.63, 3.8) is 0 Å². The van der Waals surface area contributed by atoms with Crippen LogP contribution in [0.5, 0.6) is 5.88 Å². The van der Waals surface area contributed by atoms with Gasteiger partial charge < -0.3 is 14.2 Å². The summed E-state index contributed by atoms with van der Waals surface area (Å²) in [6.45, 7) is 10.3. The minimum atomic E-state index is 0.0981. The van der Waals surface area contributed by atoms with Gasteiger partial charge in [-0.15, -0.1) is 0 Å². The number of hydrogen-bond donors (Lipinski definition) is 0. The summed E-state index contributed by atoms with van der Waals surface area (Å²) < 4.78 is 11.3. The smallest absolute Gasteiger partial charge is 0.264 e. The van der Waals surface area contributed by atoms with Crippen LogP contribution in [0.15, 0.2) is 59.1 Å². The maximum Gasteiger partial charge on any atom is 0.264 e. The number of fused-ring (bicyclic) bond motifs is 1. The highest BCUT2D eigenvalue weighted by atomic mass is 16.5. The van der Waals surface area contributed by atoms with Crippen molar-refractivity contribution >= 4 is 5.95 Å². The van der Waals surface area contributed by atoms with E-state index in [2.05, 4.69) is 82.2 Å². The molecule has 2 aromatic heterocycles. The van der Waals surface area contributed by atoms with Crippen LogP contribution in [0.25, 0.3) is 11.4 Å².